The molecule has 2 fully saturated rings. The van der Waals surface area contributed by atoms with Crippen LogP contribution in [0.5, 0.6) is 0 Å². The van der Waals surface area contributed by atoms with Gasteiger partial charge in [-0.25, -0.2) is 0 Å². The van der Waals surface area contributed by atoms with Gasteiger partial charge in [0.05, 0.1) is 10.4 Å². The van der Waals surface area contributed by atoms with E-state index in [9.17, 15) is 14.4 Å². The summed E-state index contributed by atoms with van der Waals surface area (Å²) in [7, 11) is 0. The number of fused-ring (bicyclic) bond motifs is 1. The number of rotatable bonds is 5. The second kappa shape index (κ2) is 8.30. The standard InChI is InChI=1S/C23H27N3O3S/c1-4-16-8-7-9-18-17(12-19-22(28)26(15(2)3)23(29)30-19)13-25(21(16)18)14-20(27)24-10-5-6-11-24/h7-9,12-13,15H,4-6,10-11,14H2,1-3H3/b19-12-. The minimum Gasteiger partial charge on any atom is -0.341 e. The first-order valence-corrected chi connectivity index (χ1v) is 11.4. The lowest BCUT2D eigenvalue weighted by atomic mass is 10.1. The molecule has 2 aromatic rings. The molecule has 6 nitrogen and oxygen atoms in total. The molecular weight excluding hydrogens is 398 g/mol. The number of amides is 3. The molecule has 0 N–H and O–H groups in total. The van der Waals surface area contributed by atoms with Crippen molar-refractivity contribution in [2.24, 2.45) is 0 Å². The van der Waals surface area contributed by atoms with E-state index in [-0.39, 0.29) is 29.6 Å². The van der Waals surface area contributed by atoms with Crippen LogP contribution in [0.25, 0.3) is 17.0 Å². The van der Waals surface area contributed by atoms with Crippen molar-refractivity contribution in [3.8, 4) is 0 Å². The van der Waals surface area contributed by atoms with Crippen molar-refractivity contribution in [3.63, 3.8) is 0 Å². The Morgan fingerprint density at radius 2 is 1.93 bits per heavy atom. The Bertz CT molecular complexity index is 1050. The topological polar surface area (TPSA) is 62.6 Å². The number of aromatic nitrogens is 1. The number of imide groups is 1. The van der Waals surface area contributed by atoms with E-state index in [1.54, 1.807) is 6.08 Å². The van der Waals surface area contributed by atoms with Crippen LogP contribution >= 0.6 is 11.8 Å². The zero-order valence-electron chi connectivity index (χ0n) is 17.7. The molecule has 0 radical (unpaired) electrons. The molecule has 2 saturated heterocycles. The van der Waals surface area contributed by atoms with E-state index in [1.807, 2.05) is 41.6 Å². The number of carbonyl (C=O) groups excluding carboxylic acids is 3. The first-order chi connectivity index (χ1) is 14.4. The minimum atomic E-state index is -0.249. The molecule has 3 amide bonds. The van der Waals surface area contributed by atoms with Crippen molar-refractivity contribution in [2.45, 2.75) is 52.6 Å². The van der Waals surface area contributed by atoms with Gasteiger partial charge in [-0.2, -0.15) is 0 Å². The van der Waals surface area contributed by atoms with Crippen LogP contribution in [0, 0.1) is 0 Å². The molecule has 0 saturated carbocycles. The fraction of sp³-hybridized carbons (Fsp3) is 0.435. The summed E-state index contributed by atoms with van der Waals surface area (Å²) in [5.74, 6) is -0.123. The highest BCUT2D eigenvalue weighted by atomic mass is 32.2. The molecule has 0 atom stereocenters. The average Bonchev–Trinajstić information content (AvgIpc) is 3.42. The largest absolute Gasteiger partial charge is 0.341 e. The minimum absolute atomic E-state index is 0.127. The smallest absolute Gasteiger partial charge is 0.293 e. The highest BCUT2D eigenvalue weighted by molar-refractivity contribution is 8.18. The number of thioether (sulfide) groups is 1. The van der Waals surface area contributed by atoms with Crippen molar-refractivity contribution < 1.29 is 14.4 Å². The number of para-hydroxylation sites is 1. The predicted octanol–water partition coefficient (Wildman–Crippen LogP) is 4.27. The third-order valence-corrected chi connectivity index (χ3v) is 6.67. The number of carbonyl (C=O) groups is 3. The molecule has 0 spiro atoms. The highest BCUT2D eigenvalue weighted by Gasteiger charge is 2.36. The lowest BCUT2D eigenvalue weighted by Crippen LogP contribution is -2.34. The Kier molecular flexibility index (Phi) is 5.73. The zero-order valence-corrected chi connectivity index (χ0v) is 18.5. The maximum Gasteiger partial charge on any atom is 0.293 e. The number of aryl methyl sites for hydroxylation is 1. The van der Waals surface area contributed by atoms with Crippen LogP contribution in [0.4, 0.5) is 4.79 Å². The van der Waals surface area contributed by atoms with E-state index < -0.39 is 0 Å². The molecule has 1 aromatic carbocycles. The summed E-state index contributed by atoms with van der Waals surface area (Å²) in [6, 6.07) is 5.93. The van der Waals surface area contributed by atoms with E-state index in [0.717, 1.165) is 66.1 Å². The van der Waals surface area contributed by atoms with Gasteiger partial charge in [0.1, 0.15) is 6.54 Å². The van der Waals surface area contributed by atoms with Gasteiger partial charge in [0.25, 0.3) is 11.1 Å². The monoisotopic (exact) mass is 425 g/mol. The second-order valence-corrected chi connectivity index (χ2v) is 9.11. The Morgan fingerprint density at radius 1 is 1.20 bits per heavy atom. The van der Waals surface area contributed by atoms with Crippen molar-refractivity contribution in [1.29, 1.82) is 0 Å². The molecule has 3 heterocycles. The Labute approximate surface area is 180 Å². The van der Waals surface area contributed by atoms with E-state index in [4.69, 9.17) is 0 Å². The van der Waals surface area contributed by atoms with Gasteiger partial charge in [-0.3, -0.25) is 19.3 Å². The second-order valence-electron chi connectivity index (χ2n) is 8.11. The zero-order chi connectivity index (χ0) is 21.4. The lowest BCUT2D eigenvalue weighted by molar-refractivity contribution is -0.130. The number of likely N-dealkylation sites (tertiary alicyclic amines) is 1. The van der Waals surface area contributed by atoms with Gasteiger partial charge in [-0.1, -0.05) is 25.1 Å². The van der Waals surface area contributed by atoms with E-state index in [2.05, 4.69) is 13.0 Å². The Balaban J connectivity index is 1.75. The van der Waals surface area contributed by atoms with Crippen LogP contribution in [0.3, 0.4) is 0 Å². The van der Waals surface area contributed by atoms with Crippen molar-refractivity contribution >= 4 is 45.8 Å². The molecule has 7 heteroatoms. The predicted molar refractivity (Wildman–Crippen MR) is 120 cm³/mol. The summed E-state index contributed by atoms with van der Waals surface area (Å²) >= 11 is 0.981. The third kappa shape index (κ3) is 3.67. The molecule has 158 valence electrons. The maximum absolute atomic E-state index is 12.8. The molecule has 0 bridgehead atoms. The van der Waals surface area contributed by atoms with Crippen LogP contribution < -0.4 is 0 Å². The highest BCUT2D eigenvalue weighted by Crippen LogP contribution is 2.35. The number of hydrogen-bond donors (Lipinski definition) is 0. The number of benzene rings is 1. The van der Waals surface area contributed by atoms with E-state index in [1.165, 1.54) is 4.90 Å². The van der Waals surface area contributed by atoms with Crippen LogP contribution in [-0.2, 0) is 22.6 Å². The fourth-order valence-electron chi connectivity index (χ4n) is 4.27. The summed E-state index contributed by atoms with van der Waals surface area (Å²) in [4.78, 5) is 41.4. The SMILES string of the molecule is CCc1cccc2c(/C=C3\SC(=O)N(C(C)C)C3=O)cn(CC(=O)N3CCCC3)c12. The van der Waals surface area contributed by atoms with Gasteiger partial charge in [0, 0.05) is 36.3 Å². The molecule has 2 aliphatic heterocycles. The van der Waals surface area contributed by atoms with Crippen molar-refractivity contribution in [3.05, 3.63) is 40.4 Å². The molecular formula is C23H27N3O3S. The quantitative estimate of drug-likeness (QED) is 0.671. The third-order valence-electron chi connectivity index (χ3n) is 5.78. The Hall–Kier alpha value is -2.54. The Morgan fingerprint density at radius 3 is 2.57 bits per heavy atom. The maximum atomic E-state index is 12.8. The fourth-order valence-corrected chi connectivity index (χ4v) is 5.22. The van der Waals surface area contributed by atoms with Gasteiger partial charge >= 0.3 is 0 Å². The normalized spacial score (nSPS) is 18.6. The molecule has 4 rings (SSSR count). The summed E-state index contributed by atoms with van der Waals surface area (Å²) in [6.45, 7) is 7.71. The van der Waals surface area contributed by atoms with Crippen molar-refractivity contribution in [1.82, 2.24) is 14.4 Å². The molecule has 30 heavy (non-hydrogen) atoms. The summed E-state index contributed by atoms with van der Waals surface area (Å²) in [5.41, 5.74) is 3.06. The van der Waals surface area contributed by atoms with Gasteiger partial charge in [-0.05, 0) is 56.5 Å². The van der Waals surface area contributed by atoms with Gasteiger partial charge < -0.3 is 9.47 Å². The van der Waals surface area contributed by atoms with Crippen LogP contribution in [-0.4, -0.2) is 50.6 Å². The summed E-state index contributed by atoms with van der Waals surface area (Å²) in [5, 5.41) is 0.767. The van der Waals surface area contributed by atoms with Crippen LogP contribution in [0.15, 0.2) is 29.3 Å². The van der Waals surface area contributed by atoms with Crippen molar-refractivity contribution in [2.75, 3.05) is 13.1 Å². The first kappa shape index (κ1) is 20.7. The molecule has 1 aromatic heterocycles. The number of nitrogens with zero attached hydrogens (tertiary/aromatic N) is 3. The molecule has 0 unspecified atom stereocenters. The summed E-state index contributed by atoms with van der Waals surface area (Å²) in [6.07, 6.45) is 6.72. The summed E-state index contributed by atoms with van der Waals surface area (Å²) < 4.78 is 2.01. The number of hydrogen-bond acceptors (Lipinski definition) is 4. The first-order valence-electron chi connectivity index (χ1n) is 10.6. The van der Waals surface area contributed by atoms with Crippen LogP contribution in [0.2, 0.25) is 0 Å². The van der Waals surface area contributed by atoms with Gasteiger partial charge in [0.15, 0.2) is 0 Å². The van der Waals surface area contributed by atoms with Gasteiger partial charge in [-0.15, -0.1) is 0 Å². The van der Waals surface area contributed by atoms with E-state index in [0.29, 0.717) is 4.91 Å². The molecule has 0 aliphatic carbocycles. The van der Waals surface area contributed by atoms with Crippen LogP contribution in [0.1, 0.15) is 44.7 Å². The van der Waals surface area contributed by atoms with E-state index >= 15 is 0 Å². The average molecular weight is 426 g/mol. The lowest BCUT2D eigenvalue weighted by Gasteiger charge is -2.16. The van der Waals surface area contributed by atoms with Gasteiger partial charge in [0.2, 0.25) is 5.91 Å². The molecule has 2 aliphatic rings.